The van der Waals surface area contributed by atoms with Gasteiger partial charge < -0.3 is 10.1 Å². The van der Waals surface area contributed by atoms with Gasteiger partial charge in [-0.3, -0.25) is 9.59 Å². The summed E-state index contributed by atoms with van der Waals surface area (Å²) < 4.78 is 5.67. The lowest BCUT2D eigenvalue weighted by atomic mass is 10.0. The maximum atomic E-state index is 12.2. The standard InChI is InChI=1S/C17H18BrNO3S/c1-22-17(21)11-15(12-4-6-13(18)7-5-12)19-16(20)9-8-14-3-2-10-23-14/h2-7,10,15H,8-9,11H2,1H3,(H,19,20). The Hall–Kier alpha value is -1.66. The van der Waals surface area contributed by atoms with E-state index in [1.807, 2.05) is 41.8 Å². The highest BCUT2D eigenvalue weighted by molar-refractivity contribution is 9.10. The summed E-state index contributed by atoms with van der Waals surface area (Å²) in [5.74, 6) is -0.424. The van der Waals surface area contributed by atoms with E-state index in [0.29, 0.717) is 12.8 Å². The van der Waals surface area contributed by atoms with E-state index < -0.39 is 0 Å². The van der Waals surface area contributed by atoms with Crippen molar-refractivity contribution in [3.8, 4) is 0 Å². The zero-order chi connectivity index (χ0) is 16.7. The van der Waals surface area contributed by atoms with Gasteiger partial charge in [0.25, 0.3) is 0 Å². The summed E-state index contributed by atoms with van der Waals surface area (Å²) in [5.41, 5.74) is 0.878. The second kappa shape index (κ2) is 8.84. The van der Waals surface area contributed by atoms with Crippen molar-refractivity contribution < 1.29 is 14.3 Å². The minimum Gasteiger partial charge on any atom is -0.469 e. The Morgan fingerprint density at radius 3 is 2.61 bits per heavy atom. The second-order valence-electron chi connectivity index (χ2n) is 5.03. The smallest absolute Gasteiger partial charge is 0.307 e. The predicted octanol–water partition coefficient (Wildman–Crippen LogP) is 3.86. The number of thiophene rings is 1. The molecule has 1 aromatic carbocycles. The van der Waals surface area contributed by atoms with E-state index in [1.165, 1.54) is 12.0 Å². The van der Waals surface area contributed by atoms with Crippen LogP contribution in [0, 0.1) is 0 Å². The first kappa shape index (κ1) is 17.7. The predicted molar refractivity (Wildman–Crippen MR) is 94.3 cm³/mol. The summed E-state index contributed by atoms with van der Waals surface area (Å²) in [6.45, 7) is 0. The lowest BCUT2D eigenvalue weighted by Gasteiger charge is -2.18. The van der Waals surface area contributed by atoms with Crippen molar-refractivity contribution in [2.24, 2.45) is 0 Å². The Labute approximate surface area is 148 Å². The van der Waals surface area contributed by atoms with Crippen LogP contribution in [-0.2, 0) is 20.7 Å². The Morgan fingerprint density at radius 2 is 2.00 bits per heavy atom. The maximum absolute atomic E-state index is 12.2. The van der Waals surface area contributed by atoms with Gasteiger partial charge >= 0.3 is 5.97 Å². The molecule has 0 spiro atoms. The lowest BCUT2D eigenvalue weighted by molar-refractivity contribution is -0.141. The van der Waals surface area contributed by atoms with Crippen LogP contribution in [-0.4, -0.2) is 19.0 Å². The van der Waals surface area contributed by atoms with Crippen LogP contribution >= 0.6 is 27.3 Å². The zero-order valence-corrected chi connectivity index (χ0v) is 15.2. The fraction of sp³-hybridized carbons (Fsp3) is 0.294. The number of ether oxygens (including phenoxy) is 1. The molecular weight excluding hydrogens is 378 g/mol. The average molecular weight is 396 g/mol. The third-order valence-corrected chi connectivity index (χ3v) is 4.85. The molecular formula is C17H18BrNO3S. The number of esters is 1. The normalized spacial score (nSPS) is 11.7. The number of benzene rings is 1. The molecule has 23 heavy (non-hydrogen) atoms. The van der Waals surface area contributed by atoms with E-state index in [9.17, 15) is 9.59 Å². The summed E-state index contributed by atoms with van der Waals surface area (Å²) in [5, 5.41) is 4.93. The van der Waals surface area contributed by atoms with Gasteiger partial charge in [0.2, 0.25) is 5.91 Å². The van der Waals surface area contributed by atoms with Crippen molar-refractivity contribution >= 4 is 39.1 Å². The van der Waals surface area contributed by atoms with Crippen LogP contribution in [0.25, 0.3) is 0 Å². The number of hydrogen-bond donors (Lipinski definition) is 1. The Bertz CT molecular complexity index is 640. The van der Waals surface area contributed by atoms with E-state index in [1.54, 1.807) is 11.3 Å². The van der Waals surface area contributed by atoms with Crippen molar-refractivity contribution in [2.45, 2.75) is 25.3 Å². The molecule has 1 heterocycles. The molecule has 0 aliphatic heterocycles. The molecule has 0 aliphatic carbocycles. The number of amides is 1. The summed E-state index contributed by atoms with van der Waals surface area (Å²) in [6.07, 6.45) is 1.21. The zero-order valence-electron chi connectivity index (χ0n) is 12.8. The molecule has 6 heteroatoms. The molecule has 122 valence electrons. The monoisotopic (exact) mass is 395 g/mol. The third-order valence-electron chi connectivity index (χ3n) is 3.38. The first-order chi connectivity index (χ1) is 11.1. The number of carbonyl (C=O) groups excluding carboxylic acids is 2. The number of aryl methyl sites for hydroxylation is 1. The number of halogens is 1. The quantitative estimate of drug-likeness (QED) is 0.723. The summed E-state index contributed by atoms with van der Waals surface area (Å²) in [7, 11) is 1.35. The van der Waals surface area contributed by atoms with Gasteiger partial charge in [-0.05, 0) is 35.6 Å². The van der Waals surface area contributed by atoms with Crippen molar-refractivity contribution in [3.63, 3.8) is 0 Å². The Kier molecular flexibility index (Phi) is 6.80. The van der Waals surface area contributed by atoms with Crippen LogP contribution in [0.15, 0.2) is 46.3 Å². The van der Waals surface area contributed by atoms with Crippen LogP contribution in [0.2, 0.25) is 0 Å². The minimum absolute atomic E-state index is 0.0739. The van der Waals surface area contributed by atoms with E-state index in [4.69, 9.17) is 4.74 Å². The largest absolute Gasteiger partial charge is 0.469 e. The molecule has 1 amide bonds. The van der Waals surface area contributed by atoms with Gasteiger partial charge in [-0.2, -0.15) is 0 Å². The summed E-state index contributed by atoms with van der Waals surface area (Å²) >= 11 is 5.02. The number of rotatable bonds is 7. The molecule has 0 fully saturated rings. The molecule has 1 unspecified atom stereocenters. The van der Waals surface area contributed by atoms with Crippen LogP contribution in [0.5, 0.6) is 0 Å². The van der Waals surface area contributed by atoms with E-state index in [0.717, 1.165) is 10.0 Å². The molecule has 2 aromatic rings. The Morgan fingerprint density at radius 1 is 1.26 bits per heavy atom. The number of hydrogen-bond acceptors (Lipinski definition) is 4. The molecule has 1 aromatic heterocycles. The number of nitrogens with one attached hydrogen (secondary N) is 1. The number of methoxy groups -OCH3 is 1. The number of carbonyl (C=O) groups is 2. The fourth-order valence-electron chi connectivity index (χ4n) is 2.16. The molecule has 4 nitrogen and oxygen atoms in total. The van der Waals surface area contributed by atoms with Crippen LogP contribution < -0.4 is 5.32 Å². The van der Waals surface area contributed by atoms with Crippen LogP contribution in [0.3, 0.4) is 0 Å². The van der Waals surface area contributed by atoms with Crippen molar-refractivity contribution in [1.29, 1.82) is 0 Å². The van der Waals surface area contributed by atoms with Gasteiger partial charge in [-0.25, -0.2) is 0 Å². The highest BCUT2D eigenvalue weighted by atomic mass is 79.9. The second-order valence-corrected chi connectivity index (χ2v) is 6.98. The van der Waals surface area contributed by atoms with Gasteiger partial charge in [-0.15, -0.1) is 11.3 Å². The van der Waals surface area contributed by atoms with Gasteiger partial charge in [0.05, 0.1) is 19.6 Å². The van der Waals surface area contributed by atoms with Crippen LogP contribution in [0.1, 0.15) is 29.3 Å². The Balaban J connectivity index is 1.99. The third kappa shape index (κ3) is 5.80. The lowest BCUT2D eigenvalue weighted by Crippen LogP contribution is -2.30. The molecule has 1 N–H and O–H groups in total. The van der Waals surface area contributed by atoms with Gasteiger partial charge in [-0.1, -0.05) is 34.1 Å². The molecule has 0 saturated heterocycles. The van der Waals surface area contributed by atoms with Crippen molar-refractivity contribution in [3.05, 3.63) is 56.7 Å². The molecule has 0 saturated carbocycles. The maximum Gasteiger partial charge on any atom is 0.307 e. The van der Waals surface area contributed by atoms with E-state index in [-0.39, 0.29) is 24.3 Å². The van der Waals surface area contributed by atoms with Gasteiger partial charge in [0.1, 0.15) is 0 Å². The highest BCUT2D eigenvalue weighted by Gasteiger charge is 2.19. The van der Waals surface area contributed by atoms with Crippen LogP contribution in [0.4, 0.5) is 0 Å². The molecule has 1 atom stereocenters. The SMILES string of the molecule is COC(=O)CC(NC(=O)CCc1cccs1)c1ccc(Br)cc1. The highest BCUT2D eigenvalue weighted by Crippen LogP contribution is 2.21. The van der Waals surface area contributed by atoms with E-state index in [2.05, 4.69) is 21.2 Å². The van der Waals surface area contributed by atoms with Gasteiger partial charge in [0, 0.05) is 15.8 Å². The molecule has 0 bridgehead atoms. The topological polar surface area (TPSA) is 55.4 Å². The van der Waals surface area contributed by atoms with Crippen molar-refractivity contribution in [1.82, 2.24) is 5.32 Å². The van der Waals surface area contributed by atoms with E-state index >= 15 is 0 Å². The first-order valence-electron chi connectivity index (χ1n) is 7.22. The average Bonchev–Trinajstić information content (AvgIpc) is 3.06. The van der Waals surface area contributed by atoms with Gasteiger partial charge in [0.15, 0.2) is 0 Å². The minimum atomic E-state index is -0.383. The first-order valence-corrected chi connectivity index (χ1v) is 8.90. The molecule has 2 rings (SSSR count). The molecule has 0 aliphatic rings. The summed E-state index contributed by atoms with van der Waals surface area (Å²) in [4.78, 5) is 25.0. The van der Waals surface area contributed by atoms with Crippen molar-refractivity contribution in [2.75, 3.05) is 7.11 Å². The summed E-state index contributed by atoms with van der Waals surface area (Å²) in [6, 6.07) is 11.1. The molecule has 0 radical (unpaired) electrons. The fourth-order valence-corrected chi connectivity index (χ4v) is 3.13.